The summed E-state index contributed by atoms with van der Waals surface area (Å²) in [6.07, 6.45) is 0. The van der Waals surface area contributed by atoms with E-state index in [0.29, 0.717) is 10.6 Å². The van der Waals surface area contributed by atoms with Crippen LogP contribution in [0, 0.1) is 0 Å². The third-order valence-corrected chi connectivity index (χ3v) is 3.02. The number of hydrogen-bond acceptors (Lipinski definition) is 3. The lowest BCUT2D eigenvalue weighted by Crippen LogP contribution is -2.30. The molecule has 1 amide bonds. The highest BCUT2D eigenvalue weighted by Crippen LogP contribution is 2.11. The summed E-state index contributed by atoms with van der Waals surface area (Å²) in [5.74, 6) is -0.403. The highest BCUT2D eigenvalue weighted by atomic mass is 16.5. The molecule has 4 nitrogen and oxygen atoms in total. The molecule has 1 aliphatic rings. The predicted molar refractivity (Wildman–Crippen MR) is 69.4 cm³/mol. The van der Waals surface area contributed by atoms with Gasteiger partial charge in [0.2, 0.25) is 0 Å². The summed E-state index contributed by atoms with van der Waals surface area (Å²) >= 11 is 0. The molecule has 0 radical (unpaired) electrons. The zero-order valence-electron chi connectivity index (χ0n) is 10.2. The van der Waals surface area contributed by atoms with E-state index in [0.717, 1.165) is 10.6 Å². The first-order chi connectivity index (χ1) is 9.25. The van der Waals surface area contributed by atoms with Crippen LogP contribution in [0.25, 0.3) is 5.70 Å². The molecule has 0 saturated heterocycles. The molecule has 0 atom stereocenters. The van der Waals surface area contributed by atoms with Crippen LogP contribution in [0.15, 0.2) is 59.6 Å². The summed E-state index contributed by atoms with van der Waals surface area (Å²) in [4.78, 5) is 15.8. The van der Waals surface area contributed by atoms with Crippen molar-refractivity contribution in [1.82, 2.24) is 5.06 Å². The summed E-state index contributed by atoms with van der Waals surface area (Å²) < 4.78 is 0. The van der Waals surface area contributed by atoms with Crippen LogP contribution >= 0.6 is 0 Å². The Kier molecular flexibility index (Phi) is 2.85. The maximum atomic E-state index is 11.9. The average Bonchev–Trinajstić information content (AvgIpc) is 2.75. The molecule has 2 aromatic rings. The predicted octanol–water partition coefficient (Wildman–Crippen LogP) is 0.846. The molecule has 94 valence electrons. The Balaban J connectivity index is 1.99. The van der Waals surface area contributed by atoms with E-state index in [1.165, 1.54) is 0 Å². The van der Waals surface area contributed by atoms with Crippen LogP contribution in [0.4, 0.5) is 0 Å². The number of amides is 1. The Bertz CT molecular complexity index is 738. The first-order valence-corrected chi connectivity index (χ1v) is 5.98. The van der Waals surface area contributed by atoms with Gasteiger partial charge in [-0.2, -0.15) is 0 Å². The topological polar surface area (TPSA) is 52.9 Å². The van der Waals surface area contributed by atoms with Gasteiger partial charge in [-0.15, -0.1) is 0 Å². The molecule has 0 aromatic heterocycles. The van der Waals surface area contributed by atoms with E-state index in [1.807, 2.05) is 42.5 Å². The molecule has 2 aromatic carbocycles. The summed E-state index contributed by atoms with van der Waals surface area (Å²) in [5.41, 5.74) is 1.16. The number of fused-ring (bicyclic) bond motifs is 1. The zero-order valence-corrected chi connectivity index (χ0v) is 10.2. The number of carbonyl (C=O) groups excluding carboxylic acids is 1. The van der Waals surface area contributed by atoms with Crippen molar-refractivity contribution < 1.29 is 10.0 Å². The Hall–Kier alpha value is -2.46. The van der Waals surface area contributed by atoms with Gasteiger partial charge in [0.1, 0.15) is 5.70 Å². The second-order valence-corrected chi connectivity index (χ2v) is 4.33. The number of carbonyl (C=O) groups is 1. The fraction of sp³-hybridized carbons (Fsp3) is 0.0667. The van der Waals surface area contributed by atoms with Crippen molar-refractivity contribution in [1.29, 1.82) is 0 Å². The molecule has 19 heavy (non-hydrogen) atoms. The van der Waals surface area contributed by atoms with Crippen LogP contribution in [-0.2, 0) is 11.3 Å². The van der Waals surface area contributed by atoms with E-state index in [2.05, 4.69) is 4.99 Å². The lowest BCUT2D eigenvalue weighted by atomic mass is 10.2. The normalized spacial score (nSPS) is 13.1. The van der Waals surface area contributed by atoms with Crippen LogP contribution < -0.4 is 10.6 Å². The lowest BCUT2D eigenvalue weighted by Gasteiger charge is -2.16. The molecular formula is C15H12N2O2. The highest BCUT2D eigenvalue weighted by molar-refractivity contribution is 6.14. The number of benzene rings is 2. The maximum Gasteiger partial charge on any atom is 0.296 e. The first kappa shape index (κ1) is 11.6. The number of rotatable bonds is 3. The van der Waals surface area contributed by atoms with Crippen molar-refractivity contribution >= 4 is 11.6 Å². The Morgan fingerprint density at radius 2 is 1.68 bits per heavy atom. The van der Waals surface area contributed by atoms with Gasteiger partial charge in [-0.3, -0.25) is 10.0 Å². The number of hydrogen-bond donors (Lipinski definition) is 1. The largest absolute Gasteiger partial charge is 0.296 e. The van der Waals surface area contributed by atoms with Gasteiger partial charge in [-0.1, -0.05) is 48.5 Å². The highest BCUT2D eigenvalue weighted by Gasteiger charge is 2.21. The fourth-order valence-electron chi connectivity index (χ4n) is 2.13. The first-order valence-electron chi connectivity index (χ1n) is 5.98. The van der Waals surface area contributed by atoms with Gasteiger partial charge in [0.15, 0.2) is 0 Å². The molecule has 3 rings (SSSR count). The minimum atomic E-state index is -0.403. The van der Waals surface area contributed by atoms with Crippen molar-refractivity contribution in [3.05, 3.63) is 70.7 Å². The molecule has 0 saturated carbocycles. The van der Waals surface area contributed by atoms with Crippen LogP contribution in [0.5, 0.6) is 0 Å². The van der Waals surface area contributed by atoms with Gasteiger partial charge in [-0.25, -0.2) is 10.1 Å². The Morgan fingerprint density at radius 1 is 1.00 bits per heavy atom. The van der Waals surface area contributed by atoms with Crippen molar-refractivity contribution in [3.63, 3.8) is 0 Å². The summed E-state index contributed by atoms with van der Waals surface area (Å²) in [6.45, 7) is 0.256. The second kappa shape index (κ2) is 4.66. The number of hydroxylamine groups is 2. The monoisotopic (exact) mass is 252 g/mol. The average molecular weight is 252 g/mol. The van der Waals surface area contributed by atoms with E-state index in [1.54, 1.807) is 12.1 Å². The molecule has 0 fully saturated rings. The molecule has 0 spiro atoms. The van der Waals surface area contributed by atoms with Gasteiger partial charge >= 0.3 is 0 Å². The van der Waals surface area contributed by atoms with Gasteiger partial charge < -0.3 is 0 Å². The molecule has 1 aliphatic heterocycles. The maximum absolute atomic E-state index is 11.9. The smallest absolute Gasteiger partial charge is 0.288 e. The van der Waals surface area contributed by atoms with E-state index < -0.39 is 5.91 Å². The molecular weight excluding hydrogens is 240 g/mol. The molecule has 1 heterocycles. The van der Waals surface area contributed by atoms with Crippen molar-refractivity contribution in [2.24, 2.45) is 4.99 Å². The molecule has 4 heteroatoms. The minimum Gasteiger partial charge on any atom is -0.288 e. The van der Waals surface area contributed by atoms with E-state index in [4.69, 9.17) is 0 Å². The molecule has 0 aliphatic carbocycles. The third kappa shape index (κ3) is 2.13. The van der Waals surface area contributed by atoms with Gasteiger partial charge in [0, 0.05) is 5.22 Å². The quantitative estimate of drug-likeness (QED) is 0.824. The Morgan fingerprint density at radius 3 is 2.47 bits per heavy atom. The summed E-state index contributed by atoms with van der Waals surface area (Å²) in [6, 6.07) is 16.7. The standard InChI is InChI=1S/C15H12N2O2/c18-15-14(12-8-4-5-9-13(12)16-15)17(19)10-11-6-2-1-3-7-11/h1-9,19H,10H2. The SMILES string of the molecule is O=C1N=c2ccccc2=C1N(O)Cc1ccccc1. The Labute approximate surface area is 109 Å². The lowest BCUT2D eigenvalue weighted by molar-refractivity contribution is -0.118. The van der Waals surface area contributed by atoms with E-state index >= 15 is 0 Å². The van der Waals surface area contributed by atoms with Crippen LogP contribution in [-0.4, -0.2) is 16.2 Å². The summed E-state index contributed by atoms with van der Waals surface area (Å²) in [7, 11) is 0. The van der Waals surface area contributed by atoms with Gasteiger partial charge in [-0.05, 0) is 11.6 Å². The van der Waals surface area contributed by atoms with Crippen molar-refractivity contribution in [2.75, 3.05) is 0 Å². The van der Waals surface area contributed by atoms with Gasteiger partial charge in [0.05, 0.1) is 11.9 Å². The number of para-hydroxylation sites is 1. The summed E-state index contributed by atoms with van der Waals surface area (Å²) in [5, 5.41) is 12.4. The molecule has 0 unspecified atom stereocenters. The zero-order chi connectivity index (χ0) is 13.2. The van der Waals surface area contributed by atoms with Crippen molar-refractivity contribution in [3.8, 4) is 0 Å². The van der Waals surface area contributed by atoms with Crippen LogP contribution in [0.2, 0.25) is 0 Å². The molecule has 1 N–H and O–H groups in total. The third-order valence-electron chi connectivity index (χ3n) is 3.02. The minimum absolute atomic E-state index is 0.236. The van der Waals surface area contributed by atoms with Gasteiger partial charge in [0.25, 0.3) is 5.91 Å². The van der Waals surface area contributed by atoms with Crippen LogP contribution in [0.1, 0.15) is 5.56 Å². The van der Waals surface area contributed by atoms with E-state index in [9.17, 15) is 10.0 Å². The number of nitrogens with zero attached hydrogens (tertiary/aromatic N) is 2. The second-order valence-electron chi connectivity index (χ2n) is 4.33. The molecule has 0 bridgehead atoms. The van der Waals surface area contributed by atoms with Crippen LogP contribution in [0.3, 0.4) is 0 Å². The van der Waals surface area contributed by atoms with Crippen molar-refractivity contribution in [2.45, 2.75) is 6.54 Å². The fourth-order valence-corrected chi connectivity index (χ4v) is 2.13. The van der Waals surface area contributed by atoms with E-state index in [-0.39, 0.29) is 12.2 Å².